The molecule has 8 heteroatoms. The van der Waals surface area contributed by atoms with Gasteiger partial charge in [0.25, 0.3) is 0 Å². The molecule has 0 saturated carbocycles. The highest BCUT2D eigenvalue weighted by molar-refractivity contribution is 5.86. The van der Waals surface area contributed by atoms with Gasteiger partial charge >= 0.3 is 12.2 Å². The Bertz CT molecular complexity index is 689. The maximum atomic E-state index is 11.9. The minimum atomic E-state index is -0.483. The Morgan fingerprint density at radius 3 is 1.69 bits per heavy atom. The zero-order chi connectivity index (χ0) is 25.1. The molecule has 2 aliphatic rings. The highest BCUT2D eigenvalue weighted by atomic mass is 16.6. The predicted octanol–water partition coefficient (Wildman–Crippen LogP) is 4.20. The number of rotatable bonds is 0. The second-order valence-corrected chi connectivity index (χ2v) is 12.2. The summed E-state index contributed by atoms with van der Waals surface area (Å²) in [6, 6.07) is 0.159. The van der Waals surface area contributed by atoms with Crippen LogP contribution in [0.25, 0.3) is 0 Å². The third-order valence-corrected chi connectivity index (χ3v) is 5.57. The van der Waals surface area contributed by atoms with Crippen molar-refractivity contribution >= 4 is 18.0 Å². The molecule has 1 unspecified atom stereocenters. The molecule has 0 aromatic carbocycles. The molecule has 2 N–H and O–H groups in total. The lowest BCUT2D eigenvalue weighted by atomic mass is 9.80. The van der Waals surface area contributed by atoms with Crippen LogP contribution in [0.1, 0.15) is 82.1 Å². The SMILES string of the molecule is CC(C)(C)OC(=O)N1CCC(=O)C(C)(C)C1.CC(C)(C)OC(=O)N1CCC(N)C(C)(C)C1. The Labute approximate surface area is 194 Å². The summed E-state index contributed by atoms with van der Waals surface area (Å²) in [6.45, 7) is 21.4. The molecule has 2 rings (SSSR count). The summed E-state index contributed by atoms with van der Waals surface area (Å²) in [5.41, 5.74) is 4.63. The lowest BCUT2D eigenvalue weighted by Crippen LogP contribution is -2.54. The number of nitrogens with two attached hydrogens (primary N) is 1. The van der Waals surface area contributed by atoms with E-state index in [4.69, 9.17) is 15.2 Å². The average Bonchev–Trinajstić information content (AvgIpc) is 2.57. The van der Waals surface area contributed by atoms with Crippen LogP contribution in [0.2, 0.25) is 0 Å². The van der Waals surface area contributed by atoms with Crippen molar-refractivity contribution in [2.75, 3.05) is 26.2 Å². The van der Waals surface area contributed by atoms with Crippen LogP contribution < -0.4 is 5.73 Å². The first-order chi connectivity index (χ1) is 14.2. The summed E-state index contributed by atoms with van der Waals surface area (Å²) < 4.78 is 10.6. The third-order valence-electron chi connectivity index (χ3n) is 5.57. The molecule has 8 nitrogen and oxygen atoms in total. The van der Waals surface area contributed by atoms with Crippen molar-refractivity contribution in [1.82, 2.24) is 9.80 Å². The van der Waals surface area contributed by atoms with Crippen LogP contribution in [-0.2, 0) is 14.3 Å². The van der Waals surface area contributed by atoms with Gasteiger partial charge in [0.15, 0.2) is 0 Å². The summed E-state index contributed by atoms with van der Waals surface area (Å²) in [5, 5.41) is 0. The molecule has 2 fully saturated rings. The van der Waals surface area contributed by atoms with Crippen molar-refractivity contribution in [3.63, 3.8) is 0 Å². The Morgan fingerprint density at radius 2 is 1.31 bits per heavy atom. The number of piperidine rings is 2. The summed E-state index contributed by atoms with van der Waals surface area (Å²) in [5.74, 6) is 0.215. The van der Waals surface area contributed by atoms with Crippen molar-refractivity contribution < 1.29 is 23.9 Å². The van der Waals surface area contributed by atoms with Crippen LogP contribution in [0.3, 0.4) is 0 Å². The fraction of sp³-hybridized carbons (Fsp3) is 0.875. The highest BCUT2D eigenvalue weighted by Crippen LogP contribution is 2.29. The minimum absolute atomic E-state index is 0.0326. The van der Waals surface area contributed by atoms with Crippen LogP contribution in [-0.4, -0.2) is 71.2 Å². The van der Waals surface area contributed by atoms with E-state index in [0.29, 0.717) is 32.6 Å². The number of hydrogen-bond acceptors (Lipinski definition) is 6. The lowest BCUT2D eigenvalue weighted by molar-refractivity contribution is -0.131. The monoisotopic (exact) mass is 455 g/mol. The van der Waals surface area contributed by atoms with Gasteiger partial charge in [-0.05, 0) is 53.4 Å². The van der Waals surface area contributed by atoms with Gasteiger partial charge in [-0.15, -0.1) is 0 Å². The first-order valence-electron chi connectivity index (χ1n) is 11.5. The van der Waals surface area contributed by atoms with Crippen molar-refractivity contribution in [3.8, 4) is 0 Å². The molecule has 2 saturated heterocycles. The fourth-order valence-corrected chi connectivity index (χ4v) is 3.56. The Hall–Kier alpha value is -1.83. The van der Waals surface area contributed by atoms with E-state index < -0.39 is 16.6 Å². The first-order valence-corrected chi connectivity index (χ1v) is 11.5. The number of ketones is 1. The van der Waals surface area contributed by atoms with E-state index in [2.05, 4.69) is 13.8 Å². The number of amides is 2. The van der Waals surface area contributed by atoms with Crippen LogP contribution >= 0.6 is 0 Å². The topological polar surface area (TPSA) is 102 Å². The largest absolute Gasteiger partial charge is 0.444 e. The molecule has 186 valence electrons. The smallest absolute Gasteiger partial charge is 0.410 e. The van der Waals surface area contributed by atoms with Gasteiger partial charge in [-0.3, -0.25) is 4.79 Å². The molecule has 0 aliphatic carbocycles. The minimum Gasteiger partial charge on any atom is -0.444 e. The molecule has 0 aromatic heterocycles. The summed E-state index contributed by atoms with van der Waals surface area (Å²) in [6.07, 6.45) is 0.707. The van der Waals surface area contributed by atoms with Crippen molar-refractivity contribution in [2.24, 2.45) is 16.6 Å². The van der Waals surface area contributed by atoms with Gasteiger partial charge in [-0.1, -0.05) is 27.7 Å². The van der Waals surface area contributed by atoms with Crippen LogP contribution in [0.5, 0.6) is 0 Å². The zero-order valence-corrected chi connectivity index (χ0v) is 21.8. The number of ether oxygens (including phenoxy) is 2. The Kier molecular flexibility index (Phi) is 8.79. The second-order valence-electron chi connectivity index (χ2n) is 12.2. The van der Waals surface area contributed by atoms with Gasteiger partial charge < -0.3 is 25.0 Å². The van der Waals surface area contributed by atoms with E-state index in [1.807, 2.05) is 55.4 Å². The molecule has 0 spiro atoms. The van der Waals surface area contributed by atoms with Gasteiger partial charge in [0.1, 0.15) is 17.0 Å². The molecule has 0 aromatic rings. The Balaban J connectivity index is 0.000000320. The molecule has 2 aliphatic heterocycles. The Morgan fingerprint density at radius 1 is 0.875 bits per heavy atom. The third kappa shape index (κ3) is 8.96. The van der Waals surface area contributed by atoms with E-state index in [1.165, 1.54) is 0 Å². The van der Waals surface area contributed by atoms with Crippen molar-refractivity contribution in [1.29, 1.82) is 0 Å². The second kappa shape index (κ2) is 9.98. The van der Waals surface area contributed by atoms with Crippen molar-refractivity contribution in [2.45, 2.75) is 99.3 Å². The van der Waals surface area contributed by atoms with Gasteiger partial charge in [-0.25, -0.2) is 9.59 Å². The first kappa shape index (κ1) is 28.2. The molecule has 32 heavy (non-hydrogen) atoms. The molecule has 0 bridgehead atoms. The van der Waals surface area contributed by atoms with Crippen LogP contribution in [0, 0.1) is 10.8 Å². The predicted molar refractivity (Wildman–Crippen MR) is 125 cm³/mol. The van der Waals surface area contributed by atoms with Crippen molar-refractivity contribution in [3.05, 3.63) is 0 Å². The van der Waals surface area contributed by atoms with Crippen LogP contribution in [0.4, 0.5) is 9.59 Å². The number of Topliss-reactive ketones (excluding diaryl/α,β-unsaturated/α-hetero) is 1. The zero-order valence-electron chi connectivity index (χ0n) is 21.8. The number of hydrogen-bond donors (Lipinski definition) is 1. The molecule has 0 radical (unpaired) electrons. The van der Waals surface area contributed by atoms with E-state index in [1.54, 1.807) is 9.80 Å². The van der Waals surface area contributed by atoms with Gasteiger partial charge in [-0.2, -0.15) is 0 Å². The van der Waals surface area contributed by atoms with E-state index >= 15 is 0 Å². The molecule has 2 heterocycles. The molecule has 2 amide bonds. The maximum absolute atomic E-state index is 11.9. The molecule has 1 atom stereocenters. The standard InChI is InChI=1S/C12H24N2O2.C12H21NO3/c1-11(2,3)16-10(15)14-7-6-9(13)12(4,5)8-14;1-11(2,3)16-10(15)13-7-6-9(14)12(4,5)8-13/h9H,6-8,13H2,1-5H3;6-8H2,1-5H3. The van der Waals surface area contributed by atoms with E-state index in [0.717, 1.165) is 6.42 Å². The molecular formula is C24H45N3O5. The van der Waals surface area contributed by atoms with Gasteiger partial charge in [0, 0.05) is 44.1 Å². The maximum Gasteiger partial charge on any atom is 0.410 e. The average molecular weight is 456 g/mol. The number of carbonyl (C=O) groups is 3. The van der Waals surface area contributed by atoms with Crippen LogP contribution in [0.15, 0.2) is 0 Å². The fourth-order valence-electron chi connectivity index (χ4n) is 3.56. The highest BCUT2D eigenvalue weighted by Gasteiger charge is 2.38. The number of likely N-dealkylation sites (tertiary alicyclic amines) is 2. The summed E-state index contributed by atoms with van der Waals surface area (Å²) in [4.78, 5) is 38.6. The summed E-state index contributed by atoms with van der Waals surface area (Å²) >= 11 is 0. The summed E-state index contributed by atoms with van der Waals surface area (Å²) in [7, 11) is 0. The van der Waals surface area contributed by atoms with Gasteiger partial charge in [0.2, 0.25) is 0 Å². The van der Waals surface area contributed by atoms with E-state index in [-0.39, 0.29) is 29.4 Å². The van der Waals surface area contributed by atoms with E-state index in [9.17, 15) is 14.4 Å². The lowest BCUT2D eigenvalue weighted by Gasteiger charge is -2.42. The normalized spacial score (nSPS) is 23.1. The van der Waals surface area contributed by atoms with Gasteiger partial charge in [0.05, 0.1) is 0 Å². The number of carbonyl (C=O) groups excluding carboxylic acids is 3. The number of nitrogens with zero attached hydrogens (tertiary/aromatic N) is 2. The molecular weight excluding hydrogens is 410 g/mol. The quantitative estimate of drug-likeness (QED) is 0.587.